The summed E-state index contributed by atoms with van der Waals surface area (Å²) in [7, 11) is -3.49. The molecule has 0 saturated carbocycles. The molecule has 1 heterocycles. The molecule has 3 rings (SSSR count). The van der Waals surface area contributed by atoms with E-state index in [0.29, 0.717) is 30.2 Å². The van der Waals surface area contributed by atoms with E-state index >= 15 is 0 Å². The lowest BCUT2D eigenvalue weighted by atomic mass is 10.2. The zero-order valence-corrected chi connectivity index (χ0v) is 19.4. The number of carbonyl (C=O) groups excluding carboxylic acids is 1. The second-order valence-electron chi connectivity index (χ2n) is 7.30. The Morgan fingerprint density at radius 2 is 1.63 bits per heavy atom. The highest BCUT2D eigenvalue weighted by atomic mass is 35.5. The van der Waals surface area contributed by atoms with Crippen molar-refractivity contribution in [3.8, 4) is 0 Å². The molecule has 5 nitrogen and oxygen atoms in total. The quantitative estimate of drug-likeness (QED) is 0.553. The van der Waals surface area contributed by atoms with Gasteiger partial charge in [0.05, 0.1) is 10.1 Å². The molecule has 1 N–H and O–H groups in total. The van der Waals surface area contributed by atoms with Crippen LogP contribution in [0.15, 0.2) is 58.3 Å². The summed E-state index contributed by atoms with van der Waals surface area (Å²) >= 11 is 7.40. The smallest absolute Gasteiger partial charge is 0.243 e. The lowest BCUT2D eigenvalue weighted by Crippen LogP contribution is -2.31. The third-order valence-electron chi connectivity index (χ3n) is 5.08. The minimum atomic E-state index is -3.49. The molecule has 0 unspecified atom stereocenters. The van der Waals surface area contributed by atoms with E-state index in [1.807, 2.05) is 19.1 Å². The van der Waals surface area contributed by atoms with Crippen LogP contribution in [0.5, 0.6) is 0 Å². The first-order valence-electron chi connectivity index (χ1n) is 10.2. The van der Waals surface area contributed by atoms with E-state index in [0.717, 1.165) is 30.6 Å². The maximum absolute atomic E-state index is 12.9. The molecule has 1 saturated heterocycles. The van der Waals surface area contributed by atoms with Gasteiger partial charge in [-0.05, 0) is 67.8 Å². The number of sulfonamides is 1. The third kappa shape index (κ3) is 6.00. The van der Waals surface area contributed by atoms with Crippen LogP contribution in [0.25, 0.3) is 0 Å². The van der Waals surface area contributed by atoms with Gasteiger partial charge in [-0.25, -0.2) is 8.42 Å². The molecule has 1 fully saturated rings. The Morgan fingerprint density at radius 3 is 2.20 bits per heavy atom. The fraction of sp³-hybridized carbons (Fsp3) is 0.409. The number of rotatable bonds is 7. The van der Waals surface area contributed by atoms with Crippen LogP contribution >= 0.6 is 23.4 Å². The molecule has 0 aliphatic carbocycles. The van der Waals surface area contributed by atoms with E-state index < -0.39 is 10.0 Å². The number of halogens is 1. The molecule has 30 heavy (non-hydrogen) atoms. The van der Waals surface area contributed by atoms with E-state index in [-0.39, 0.29) is 16.1 Å². The Morgan fingerprint density at radius 1 is 1.03 bits per heavy atom. The van der Waals surface area contributed by atoms with Crippen molar-refractivity contribution in [2.45, 2.75) is 54.1 Å². The van der Waals surface area contributed by atoms with Crippen LogP contribution in [0.2, 0.25) is 5.02 Å². The van der Waals surface area contributed by atoms with Crippen LogP contribution < -0.4 is 5.32 Å². The third-order valence-corrected chi connectivity index (χ3v) is 8.62. The predicted octanol–water partition coefficient (Wildman–Crippen LogP) is 5.41. The van der Waals surface area contributed by atoms with E-state index in [9.17, 15) is 13.2 Å². The van der Waals surface area contributed by atoms with Crippen molar-refractivity contribution in [1.29, 1.82) is 0 Å². The first-order valence-corrected chi connectivity index (χ1v) is 12.9. The van der Waals surface area contributed by atoms with E-state index in [1.165, 1.54) is 11.8 Å². The normalized spacial score (nSPS) is 16.6. The highest BCUT2D eigenvalue weighted by molar-refractivity contribution is 8.00. The average Bonchev–Trinajstić information content (AvgIpc) is 3.04. The van der Waals surface area contributed by atoms with Gasteiger partial charge in [-0.3, -0.25) is 4.79 Å². The summed E-state index contributed by atoms with van der Waals surface area (Å²) in [6, 6.07) is 13.9. The number of carbonyl (C=O) groups is 1. The van der Waals surface area contributed by atoms with Crippen molar-refractivity contribution >= 4 is 45.0 Å². The monoisotopic (exact) mass is 466 g/mol. The number of anilines is 1. The molecule has 0 radical (unpaired) electrons. The molecule has 0 aromatic heterocycles. The molecule has 1 atom stereocenters. The SMILES string of the molecule is CC[C@H](Sc1ccc(Cl)cc1)C(=O)Nc1ccc(S(=O)(=O)N2CCCCCC2)cc1. The van der Waals surface area contributed by atoms with Crippen molar-refractivity contribution in [3.63, 3.8) is 0 Å². The van der Waals surface area contributed by atoms with Crippen LogP contribution in [0.1, 0.15) is 39.0 Å². The Labute approximate surface area is 188 Å². The molecule has 0 spiro atoms. The van der Waals surface area contributed by atoms with E-state index in [1.54, 1.807) is 40.7 Å². The van der Waals surface area contributed by atoms with Crippen LogP contribution in [-0.4, -0.2) is 37.0 Å². The molecule has 1 aliphatic rings. The van der Waals surface area contributed by atoms with Gasteiger partial charge in [0.2, 0.25) is 15.9 Å². The number of amides is 1. The molecule has 8 heteroatoms. The van der Waals surface area contributed by atoms with Crippen LogP contribution in [0.4, 0.5) is 5.69 Å². The topological polar surface area (TPSA) is 66.5 Å². The highest BCUT2D eigenvalue weighted by Gasteiger charge is 2.25. The van der Waals surface area contributed by atoms with Crippen LogP contribution in [0.3, 0.4) is 0 Å². The molecule has 0 bridgehead atoms. The minimum absolute atomic E-state index is 0.111. The summed E-state index contributed by atoms with van der Waals surface area (Å²) < 4.78 is 27.3. The van der Waals surface area contributed by atoms with Crippen LogP contribution in [-0.2, 0) is 14.8 Å². The largest absolute Gasteiger partial charge is 0.325 e. The lowest BCUT2D eigenvalue weighted by molar-refractivity contribution is -0.115. The van der Waals surface area contributed by atoms with E-state index in [4.69, 9.17) is 11.6 Å². The van der Waals surface area contributed by atoms with Crippen LogP contribution in [0, 0.1) is 0 Å². The van der Waals surface area contributed by atoms with Crippen molar-refractivity contribution in [3.05, 3.63) is 53.6 Å². The number of benzene rings is 2. The molecule has 2 aromatic carbocycles. The molecular weight excluding hydrogens is 440 g/mol. The van der Waals surface area contributed by atoms with Crippen molar-refractivity contribution in [1.82, 2.24) is 4.31 Å². The summed E-state index contributed by atoms with van der Waals surface area (Å²) in [5.41, 5.74) is 0.588. The number of nitrogens with zero attached hydrogens (tertiary/aromatic N) is 1. The Kier molecular flexibility index (Phi) is 8.22. The maximum atomic E-state index is 12.9. The average molecular weight is 467 g/mol. The molecule has 2 aromatic rings. The van der Waals surface area contributed by atoms with Gasteiger partial charge in [-0.15, -0.1) is 11.8 Å². The van der Waals surface area contributed by atoms with Gasteiger partial charge in [0.15, 0.2) is 0 Å². The highest BCUT2D eigenvalue weighted by Crippen LogP contribution is 2.28. The Bertz CT molecular complexity index is 939. The first-order chi connectivity index (χ1) is 14.4. The molecular formula is C22H27ClN2O3S2. The number of hydrogen-bond donors (Lipinski definition) is 1. The summed E-state index contributed by atoms with van der Waals surface area (Å²) in [4.78, 5) is 13.9. The second kappa shape index (κ2) is 10.7. The first kappa shape index (κ1) is 23.1. The van der Waals surface area contributed by atoms with Gasteiger partial charge in [0, 0.05) is 28.7 Å². The van der Waals surface area contributed by atoms with Gasteiger partial charge in [0.25, 0.3) is 0 Å². The fourth-order valence-corrected chi connectivity index (χ4v) is 5.96. The summed E-state index contributed by atoms with van der Waals surface area (Å²) in [6.07, 6.45) is 4.61. The number of nitrogens with one attached hydrogen (secondary N) is 1. The lowest BCUT2D eigenvalue weighted by Gasteiger charge is -2.20. The number of hydrogen-bond acceptors (Lipinski definition) is 4. The van der Waals surface area contributed by atoms with Gasteiger partial charge < -0.3 is 5.32 Å². The van der Waals surface area contributed by atoms with Gasteiger partial charge in [-0.1, -0.05) is 31.4 Å². The minimum Gasteiger partial charge on any atom is -0.325 e. The van der Waals surface area contributed by atoms with Crippen molar-refractivity contribution < 1.29 is 13.2 Å². The standard InChI is InChI=1S/C22H27ClN2O3S2/c1-2-21(29-19-11-7-17(23)8-12-19)22(26)24-18-9-13-20(14-10-18)30(27,28)25-15-5-3-4-6-16-25/h7-14,21H,2-6,15-16H2,1H3,(H,24,26)/t21-/m0/s1. The molecule has 162 valence electrons. The summed E-state index contributed by atoms with van der Waals surface area (Å²) in [5.74, 6) is -0.111. The predicted molar refractivity (Wildman–Crippen MR) is 124 cm³/mol. The Balaban J connectivity index is 1.65. The molecule has 1 amide bonds. The van der Waals surface area contributed by atoms with E-state index in [2.05, 4.69) is 5.32 Å². The fourth-order valence-electron chi connectivity index (χ4n) is 3.36. The van der Waals surface area contributed by atoms with Gasteiger partial charge >= 0.3 is 0 Å². The zero-order valence-electron chi connectivity index (χ0n) is 17.0. The second-order valence-corrected chi connectivity index (χ2v) is 11.0. The van der Waals surface area contributed by atoms with Gasteiger partial charge in [0.1, 0.15) is 0 Å². The number of thioether (sulfide) groups is 1. The Hall–Kier alpha value is -1.54. The van der Waals surface area contributed by atoms with Crippen molar-refractivity contribution in [2.24, 2.45) is 0 Å². The van der Waals surface area contributed by atoms with Crippen molar-refractivity contribution in [2.75, 3.05) is 18.4 Å². The zero-order chi connectivity index (χ0) is 21.6. The molecule has 1 aliphatic heterocycles. The summed E-state index contributed by atoms with van der Waals surface area (Å²) in [6.45, 7) is 3.10. The van der Waals surface area contributed by atoms with Gasteiger partial charge in [-0.2, -0.15) is 4.31 Å². The maximum Gasteiger partial charge on any atom is 0.243 e. The summed E-state index contributed by atoms with van der Waals surface area (Å²) in [5, 5.41) is 3.30.